The molecule has 0 bridgehead atoms. The van der Waals surface area contributed by atoms with Crippen molar-refractivity contribution in [1.82, 2.24) is 9.88 Å². The number of pyridine rings is 1. The molecule has 1 atom stereocenters. The van der Waals surface area contributed by atoms with Crippen LogP contribution in [0.1, 0.15) is 76.1 Å². The van der Waals surface area contributed by atoms with Gasteiger partial charge in [-0.25, -0.2) is 4.98 Å². The van der Waals surface area contributed by atoms with E-state index < -0.39 is 0 Å². The van der Waals surface area contributed by atoms with Crippen molar-refractivity contribution in [2.75, 3.05) is 36.9 Å². The molecule has 4 rings (SSSR count). The van der Waals surface area contributed by atoms with Crippen molar-refractivity contribution in [3.05, 3.63) is 16.8 Å². The number of amides is 1. The molecule has 1 amide bonds. The van der Waals surface area contributed by atoms with Crippen LogP contribution >= 0.6 is 0 Å². The maximum atomic E-state index is 12.7. The summed E-state index contributed by atoms with van der Waals surface area (Å²) in [5.41, 5.74) is 10.9. The van der Waals surface area contributed by atoms with Crippen LogP contribution in [-0.2, 0) is 22.6 Å². The SMILES string of the molecule is CC(C)[C@@H]1CN(c2nc(C3CC3)c3c(c2N)CC(C)(C)OC3)CCN1C(=O)CCCO. The van der Waals surface area contributed by atoms with Crippen LogP contribution in [0.15, 0.2) is 0 Å². The second-order valence-corrected chi connectivity index (χ2v) is 10.4. The second kappa shape index (κ2) is 8.58. The molecule has 3 N–H and O–H groups in total. The number of hydrogen-bond acceptors (Lipinski definition) is 6. The molecule has 2 fully saturated rings. The van der Waals surface area contributed by atoms with Crippen molar-refractivity contribution in [3.8, 4) is 0 Å². The van der Waals surface area contributed by atoms with E-state index >= 15 is 0 Å². The summed E-state index contributed by atoms with van der Waals surface area (Å²) in [4.78, 5) is 22.2. The summed E-state index contributed by atoms with van der Waals surface area (Å²) in [5.74, 6) is 1.89. The molecule has 1 saturated heterocycles. The number of ether oxygens (including phenoxy) is 1. The van der Waals surface area contributed by atoms with Crippen LogP contribution < -0.4 is 10.6 Å². The summed E-state index contributed by atoms with van der Waals surface area (Å²) in [6.45, 7) is 11.4. The third-order valence-electron chi connectivity index (χ3n) is 7.00. The maximum Gasteiger partial charge on any atom is 0.223 e. The lowest BCUT2D eigenvalue weighted by molar-refractivity contribution is -0.135. The smallest absolute Gasteiger partial charge is 0.223 e. The van der Waals surface area contributed by atoms with Crippen LogP contribution in [0.5, 0.6) is 0 Å². The molecule has 7 heteroatoms. The van der Waals surface area contributed by atoms with Crippen molar-refractivity contribution < 1.29 is 14.6 Å². The van der Waals surface area contributed by atoms with E-state index in [2.05, 4.69) is 32.6 Å². The molecule has 0 aromatic carbocycles. The first kappa shape index (κ1) is 22.3. The van der Waals surface area contributed by atoms with Gasteiger partial charge in [0.05, 0.1) is 29.6 Å². The van der Waals surface area contributed by atoms with E-state index in [0.29, 0.717) is 37.8 Å². The summed E-state index contributed by atoms with van der Waals surface area (Å²) in [5, 5.41) is 9.11. The molecule has 2 aliphatic heterocycles. The zero-order valence-electron chi connectivity index (χ0n) is 19.5. The average Bonchev–Trinajstić information content (AvgIpc) is 3.57. The van der Waals surface area contributed by atoms with E-state index in [-0.39, 0.29) is 24.2 Å². The number of carbonyl (C=O) groups is 1. The van der Waals surface area contributed by atoms with Crippen molar-refractivity contribution in [2.45, 2.75) is 84.0 Å². The number of fused-ring (bicyclic) bond motifs is 1. The molecule has 1 aliphatic carbocycles. The summed E-state index contributed by atoms with van der Waals surface area (Å²) in [6, 6.07) is 0.112. The third-order valence-corrected chi connectivity index (χ3v) is 7.00. The molecule has 0 unspecified atom stereocenters. The molecule has 31 heavy (non-hydrogen) atoms. The summed E-state index contributed by atoms with van der Waals surface area (Å²) >= 11 is 0. The number of hydrogen-bond donors (Lipinski definition) is 2. The van der Waals surface area contributed by atoms with Gasteiger partial charge in [0.15, 0.2) is 5.82 Å². The molecule has 172 valence electrons. The first-order valence-corrected chi connectivity index (χ1v) is 11.8. The first-order chi connectivity index (χ1) is 14.7. The van der Waals surface area contributed by atoms with Crippen LogP contribution in [0.2, 0.25) is 0 Å². The predicted octanol–water partition coefficient (Wildman–Crippen LogP) is 2.84. The Morgan fingerprint density at radius 1 is 1.29 bits per heavy atom. The van der Waals surface area contributed by atoms with Crippen molar-refractivity contribution >= 4 is 17.4 Å². The van der Waals surface area contributed by atoms with Crippen molar-refractivity contribution in [2.24, 2.45) is 5.92 Å². The van der Waals surface area contributed by atoms with E-state index in [1.54, 1.807) is 0 Å². The Kier molecular flexibility index (Phi) is 6.19. The minimum atomic E-state index is -0.223. The lowest BCUT2D eigenvalue weighted by atomic mass is 9.89. The molecule has 1 aromatic rings. The molecule has 3 aliphatic rings. The highest BCUT2D eigenvalue weighted by Gasteiger charge is 2.38. The van der Waals surface area contributed by atoms with E-state index in [0.717, 1.165) is 31.0 Å². The Morgan fingerprint density at radius 2 is 2.03 bits per heavy atom. The number of nitrogen functional groups attached to an aromatic ring is 1. The summed E-state index contributed by atoms with van der Waals surface area (Å²) in [6.07, 6.45) is 4.10. The fraction of sp³-hybridized carbons (Fsp3) is 0.750. The van der Waals surface area contributed by atoms with E-state index in [4.69, 9.17) is 20.6 Å². The average molecular weight is 431 g/mol. The molecule has 3 heterocycles. The zero-order chi connectivity index (χ0) is 22.3. The Balaban J connectivity index is 1.64. The van der Waals surface area contributed by atoms with Crippen molar-refractivity contribution in [1.29, 1.82) is 0 Å². The van der Waals surface area contributed by atoms with Crippen LogP contribution in [0.3, 0.4) is 0 Å². The Bertz CT molecular complexity index is 835. The standard InChI is InChI=1S/C24H38N4O3/c1-15(2)19-13-27(9-10-28(19)20(30)6-5-11-29)23-21(25)17-12-24(3,4)31-14-18(17)22(26-23)16-7-8-16/h15-16,19,29H,5-14,25H2,1-4H3/t19-/m0/s1. The minimum absolute atomic E-state index is 0.0532. The molecule has 7 nitrogen and oxygen atoms in total. The molecule has 0 spiro atoms. The third kappa shape index (κ3) is 4.53. The van der Waals surface area contributed by atoms with Gasteiger partial charge in [0.1, 0.15) is 0 Å². The number of rotatable bonds is 6. The number of aliphatic hydroxyl groups is 1. The summed E-state index contributed by atoms with van der Waals surface area (Å²) in [7, 11) is 0. The van der Waals surface area contributed by atoms with Crippen LogP contribution in [-0.4, -0.2) is 58.8 Å². The topological polar surface area (TPSA) is 91.9 Å². The fourth-order valence-corrected chi connectivity index (χ4v) is 4.99. The Labute approximate surface area is 185 Å². The maximum absolute atomic E-state index is 12.7. The highest BCUT2D eigenvalue weighted by molar-refractivity contribution is 5.77. The zero-order valence-corrected chi connectivity index (χ0v) is 19.5. The number of carbonyl (C=O) groups excluding carboxylic acids is 1. The van der Waals surface area contributed by atoms with Gasteiger partial charge >= 0.3 is 0 Å². The van der Waals surface area contributed by atoms with E-state index in [1.807, 2.05) is 4.90 Å². The van der Waals surface area contributed by atoms with Gasteiger partial charge in [-0.05, 0) is 44.6 Å². The number of piperazine rings is 1. The number of aliphatic hydroxyl groups excluding tert-OH is 1. The quantitative estimate of drug-likeness (QED) is 0.721. The van der Waals surface area contributed by atoms with Crippen LogP contribution in [0, 0.1) is 5.92 Å². The number of nitrogens with zero attached hydrogens (tertiary/aromatic N) is 3. The molecule has 1 aromatic heterocycles. The first-order valence-electron chi connectivity index (χ1n) is 11.8. The van der Waals surface area contributed by atoms with Gasteiger partial charge in [-0.2, -0.15) is 0 Å². The summed E-state index contributed by atoms with van der Waals surface area (Å²) < 4.78 is 6.10. The van der Waals surface area contributed by atoms with Gasteiger partial charge in [-0.1, -0.05) is 13.8 Å². The lowest BCUT2D eigenvalue weighted by Gasteiger charge is -2.45. The normalized spacial score (nSPS) is 23.2. The minimum Gasteiger partial charge on any atom is -0.396 e. The van der Waals surface area contributed by atoms with Crippen molar-refractivity contribution in [3.63, 3.8) is 0 Å². The highest BCUT2D eigenvalue weighted by atomic mass is 16.5. The number of nitrogens with two attached hydrogens (primary N) is 1. The number of aromatic nitrogens is 1. The van der Waals surface area contributed by atoms with E-state index in [9.17, 15) is 4.79 Å². The van der Waals surface area contributed by atoms with Gasteiger partial charge in [-0.15, -0.1) is 0 Å². The van der Waals surface area contributed by atoms with E-state index in [1.165, 1.54) is 29.7 Å². The lowest BCUT2D eigenvalue weighted by Crippen LogP contribution is -2.57. The van der Waals surface area contributed by atoms with Crippen LogP contribution in [0.25, 0.3) is 0 Å². The van der Waals surface area contributed by atoms with Crippen LogP contribution in [0.4, 0.5) is 11.5 Å². The fourth-order valence-electron chi connectivity index (χ4n) is 4.99. The van der Waals surface area contributed by atoms with Gasteiger partial charge in [0.25, 0.3) is 0 Å². The van der Waals surface area contributed by atoms with Gasteiger partial charge in [-0.3, -0.25) is 4.79 Å². The van der Waals surface area contributed by atoms with Gasteiger partial charge < -0.3 is 25.4 Å². The monoisotopic (exact) mass is 430 g/mol. The predicted molar refractivity (Wildman–Crippen MR) is 122 cm³/mol. The Hall–Kier alpha value is -1.86. The number of anilines is 2. The molecular weight excluding hydrogens is 392 g/mol. The highest BCUT2D eigenvalue weighted by Crippen LogP contribution is 2.46. The molecule has 0 radical (unpaired) electrons. The largest absolute Gasteiger partial charge is 0.396 e. The second-order valence-electron chi connectivity index (χ2n) is 10.4. The Morgan fingerprint density at radius 3 is 2.68 bits per heavy atom. The van der Waals surface area contributed by atoms with Gasteiger partial charge in [0.2, 0.25) is 5.91 Å². The molecular formula is C24H38N4O3. The molecule has 1 saturated carbocycles. The van der Waals surface area contributed by atoms with Gasteiger partial charge in [0, 0.05) is 50.6 Å².